The lowest BCUT2D eigenvalue weighted by Crippen LogP contribution is -1.99. The molecule has 0 bridgehead atoms. The van der Waals surface area contributed by atoms with Crippen LogP contribution >= 0.6 is 0 Å². The molecule has 0 radical (unpaired) electrons. The highest BCUT2D eigenvalue weighted by Gasteiger charge is 2.13. The van der Waals surface area contributed by atoms with Crippen LogP contribution in [-0.4, -0.2) is 14.8 Å². The number of hydrogen-bond acceptors (Lipinski definition) is 2. The van der Waals surface area contributed by atoms with Gasteiger partial charge >= 0.3 is 0 Å². The Morgan fingerprint density at radius 1 is 1.09 bits per heavy atom. The first-order valence-electron chi connectivity index (χ1n) is 7.46. The lowest BCUT2D eigenvalue weighted by Gasteiger charge is -2.03. The van der Waals surface area contributed by atoms with Crippen LogP contribution in [0.4, 0.5) is 4.39 Å². The van der Waals surface area contributed by atoms with Crippen LogP contribution in [0.25, 0.3) is 5.69 Å². The van der Waals surface area contributed by atoms with Crippen LogP contribution in [0.5, 0.6) is 0 Å². The molecule has 2 aromatic heterocycles. The fourth-order valence-electron chi connectivity index (χ4n) is 2.37. The van der Waals surface area contributed by atoms with Gasteiger partial charge in [0, 0.05) is 6.20 Å². The summed E-state index contributed by atoms with van der Waals surface area (Å²) < 4.78 is 14.9. The average molecular weight is 305 g/mol. The van der Waals surface area contributed by atoms with Crippen LogP contribution in [0.2, 0.25) is 0 Å². The molecule has 3 aromatic rings. The molecule has 0 saturated heterocycles. The van der Waals surface area contributed by atoms with Gasteiger partial charge in [-0.1, -0.05) is 18.9 Å². The number of benzene rings is 1. The van der Waals surface area contributed by atoms with E-state index in [9.17, 15) is 4.39 Å². The minimum atomic E-state index is -0.260. The largest absolute Gasteiger partial charge is 0.248 e. The standard InChI is InChI=1S/C19H16FN3/c1-3-19-18(12-9-16-6-4-5-13-21-16)14(2)23(22-19)17-10-7-15(20)8-11-17/h4-8,10-11,13H,3H2,1-2H3. The van der Waals surface area contributed by atoms with Crippen molar-refractivity contribution in [3.63, 3.8) is 0 Å². The Bertz CT molecular complexity index is 869. The highest BCUT2D eigenvalue weighted by molar-refractivity contribution is 5.48. The van der Waals surface area contributed by atoms with Crippen molar-refractivity contribution in [3.8, 4) is 17.5 Å². The highest BCUT2D eigenvalue weighted by Crippen LogP contribution is 2.18. The summed E-state index contributed by atoms with van der Waals surface area (Å²) >= 11 is 0. The highest BCUT2D eigenvalue weighted by atomic mass is 19.1. The molecule has 0 amide bonds. The third-order valence-electron chi connectivity index (χ3n) is 3.58. The molecule has 0 aliphatic rings. The first-order chi connectivity index (χ1) is 11.2. The fourth-order valence-corrected chi connectivity index (χ4v) is 2.37. The number of aromatic nitrogens is 3. The van der Waals surface area contributed by atoms with Crippen LogP contribution < -0.4 is 0 Å². The van der Waals surface area contributed by atoms with E-state index in [1.807, 2.05) is 32.0 Å². The monoisotopic (exact) mass is 305 g/mol. The molecule has 114 valence electrons. The Hall–Kier alpha value is -2.93. The molecule has 0 atom stereocenters. The molecule has 0 aliphatic carbocycles. The Kier molecular flexibility index (Phi) is 4.20. The molecule has 2 heterocycles. The van der Waals surface area contributed by atoms with Gasteiger partial charge < -0.3 is 0 Å². The van der Waals surface area contributed by atoms with Gasteiger partial charge in [0.2, 0.25) is 0 Å². The fraction of sp³-hybridized carbons (Fsp3) is 0.158. The molecule has 3 rings (SSSR count). The smallest absolute Gasteiger partial charge is 0.123 e. The van der Waals surface area contributed by atoms with E-state index in [2.05, 4.69) is 21.9 Å². The molecular formula is C19H16FN3. The quantitative estimate of drug-likeness (QED) is 0.676. The van der Waals surface area contributed by atoms with Crippen molar-refractivity contribution < 1.29 is 4.39 Å². The first kappa shape index (κ1) is 15.0. The topological polar surface area (TPSA) is 30.7 Å². The van der Waals surface area contributed by atoms with E-state index in [1.165, 1.54) is 12.1 Å². The summed E-state index contributed by atoms with van der Waals surface area (Å²) in [5.74, 6) is 6.00. The lowest BCUT2D eigenvalue weighted by atomic mass is 10.1. The Labute approximate surface area is 134 Å². The summed E-state index contributed by atoms with van der Waals surface area (Å²) in [5.41, 5.74) is 4.32. The minimum absolute atomic E-state index is 0.260. The van der Waals surface area contributed by atoms with Gasteiger partial charge in [0.15, 0.2) is 0 Å². The number of aryl methyl sites for hydroxylation is 1. The number of halogens is 1. The maximum Gasteiger partial charge on any atom is 0.123 e. The second kappa shape index (κ2) is 6.45. The third kappa shape index (κ3) is 3.14. The van der Waals surface area contributed by atoms with Crippen molar-refractivity contribution in [1.82, 2.24) is 14.8 Å². The zero-order valence-electron chi connectivity index (χ0n) is 13.0. The summed E-state index contributed by atoms with van der Waals surface area (Å²) in [7, 11) is 0. The molecule has 1 aromatic carbocycles. The molecule has 4 heteroatoms. The van der Waals surface area contributed by atoms with E-state index in [0.29, 0.717) is 0 Å². The SMILES string of the molecule is CCc1nn(-c2ccc(F)cc2)c(C)c1C#Cc1ccccn1. The molecular weight excluding hydrogens is 289 g/mol. The second-order valence-corrected chi connectivity index (χ2v) is 5.11. The first-order valence-corrected chi connectivity index (χ1v) is 7.46. The summed E-state index contributed by atoms with van der Waals surface area (Å²) in [6.07, 6.45) is 2.50. The normalized spacial score (nSPS) is 10.2. The average Bonchev–Trinajstić information content (AvgIpc) is 2.90. The van der Waals surface area contributed by atoms with Gasteiger partial charge in [-0.3, -0.25) is 0 Å². The van der Waals surface area contributed by atoms with Gasteiger partial charge in [0.25, 0.3) is 0 Å². The van der Waals surface area contributed by atoms with Gasteiger partial charge in [0.05, 0.1) is 22.6 Å². The molecule has 0 saturated carbocycles. The van der Waals surface area contributed by atoms with Gasteiger partial charge in [-0.15, -0.1) is 0 Å². The van der Waals surface area contributed by atoms with Gasteiger partial charge in [0.1, 0.15) is 11.5 Å². The minimum Gasteiger partial charge on any atom is -0.248 e. The van der Waals surface area contributed by atoms with Crippen LogP contribution in [0.15, 0.2) is 48.7 Å². The zero-order chi connectivity index (χ0) is 16.2. The maximum absolute atomic E-state index is 13.1. The van der Waals surface area contributed by atoms with E-state index in [-0.39, 0.29) is 5.82 Å². The molecule has 0 unspecified atom stereocenters. The van der Waals surface area contributed by atoms with Crippen molar-refractivity contribution in [1.29, 1.82) is 0 Å². The van der Waals surface area contributed by atoms with E-state index in [1.54, 1.807) is 23.0 Å². The van der Waals surface area contributed by atoms with Crippen molar-refractivity contribution in [2.75, 3.05) is 0 Å². The molecule has 0 spiro atoms. The Balaban J connectivity index is 2.04. The van der Waals surface area contributed by atoms with Crippen LogP contribution in [0, 0.1) is 24.6 Å². The van der Waals surface area contributed by atoms with E-state index >= 15 is 0 Å². The van der Waals surface area contributed by atoms with Crippen molar-refractivity contribution in [2.24, 2.45) is 0 Å². The van der Waals surface area contributed by atoms with Crippen molar-refractivity contribution >= 4 is 0 Å². The van der Waals surface area contributed by atoms with E-state index < -0.39 is 0 Å². The van der Waals surface area contributed by atoms with Gasteiger partial charge in [-0.2, -0.15) is 5.10 Å². The lowest BCUT2D eigenvalue weighted by molar-refractivity contribution is 0.627. The summed E-state index contributed by atoms with van der Waals surface area (Å²) in [4.78, 5) is 4.21. The van der Waals surface area contributed by atoms with E-state index in [4.69, 9.17) is 0 Å². The number of rotatable bonds is 2. The number of hydrogen-bond donors (Lipinski definition) is 0. The molecule has 0 fully saturated rings. The third-order valence-corrected chi connectivity index (χ3v) is 3.58. The summed E-state index contributed by atoms with van der Waals surface area (Å²) in [5, 5.41) is 4.61. The summed E-state index contributed by atoms with van der Waals surface area (Å²) in [6.45, 7) is 4.01. The molecule has 0 N–H and O–H groups in total. The Morgan fingerprint density at radius 3 is 2.52 bits per heavy atom. The van der Waals surface area contributed by atoms with Crippen LogP contribution in [0.3, 0.4) is 0 Å². The van der Waals surface area contributed by atoms with Gasteiger partial charge in [-0.05, 0) is 55.7 Å². The predicted molar refractivity (Wildman–Crippen MR) is 87.9 cm³/mol. The number of pyridine rings is 1. The predicted octanol–water partition coefficient (Wildman–Crippen LogP) is 3.68. The molecule has 23 heavy (non-hydrogen) atoms. The van der Waals surface area contributed by atoms with E-state index in [0.717, 1.165) is 34.8 Å². The molecule has 3 nitrogen and oxygen atoms in total. The maximum atomic E-state index is 13.1. The molecule has 0 aliphatic heterocycles. The number of nitrogens with zero attached hydrogens (tertiary/aromatic N) is 3. The van der Waals surface area contributed by atoms with Crippen LogP contribution in [0.1, 0.15) is 29.6 Å². The second-order valence-electron chi connectivity index (χ2n) is 5.11. The Morgan fingerprint density at radius 2 is 1.87 bits per heavy atom. The summed E-state index contributed by atoms with van der Waals surface area (Å²) in [6, 6.07) is 11.9. The van der Waals surface area contributed by atoms with Gasteiger partial charge in [-0.25, -0.2) is 14.1 Å². The van der Waals surface area contributed by atoms with Crippen LogP contribution in [-0.2, 0) is 6.42 Å². The zero-order valence-corrected chi connectivity index (χ0v) is 13.0. The van der Waals surface area contributed by atoms with Crippen molar-refractivity contribution in [3.05, 3.63) is 77.1 Å². The van der Waals surface area contributed by atoms with Crippen molar-refractivity contribution in [2.45, 2.75) is 20.3 Å².